The van der Waals surface area contributed by atoms with Gasteiger partial charge >= 0.3 is 0 Å². The molecule has 0 spiro atoms. The number of fused-ring (bicyclic) bond motifs is 1. The fourth-order valence-electron chi connectivity index (χ4n) is 2.65. The van der Waals surface area contributed by atoms with E-state index in [1.54, 1.807) is 0 Å². The van der Waals surface area contributed by atoms with Gasteiger partial charge in [-0.1, -0.05) is 42.5 Å². The second kappa shape index (κ2) is 7.79. The summed E-state index contributed by atoms with van der Waals surface area (Å²) in [4.78, 5) is 0. The Morgan fingerprint density at radius 3 is 2.67 bits per heavy atom. The number of hydrogen-bond acceptors (Lipinski definition) is 4. The molecule has 24 heavy (non-hydrogen) atoms. The van der Waals surface area contributed by atoms with Gasteiger partial charge in [-0.2, -0.15) is 0 Å². The molecule has 0 fully saturated rings. The number of ether oxygens (including phenoxy) is 1. The molecule has 2 N–H and O–H groups in total. The predicted octanol–water partition coefficient (Wildman–Crippen LogP) is 1.83. The van der Waals surface area contributed by atoms with E-state index in [0.29, 0.717) is 19.6 Å². The molecule has 5 nitrogen and oxygen atoms in total. The van der Waals surface area contributed by atoms with E-state index in [9.17, 15) is 8.42 Å². The van der Waals surface area contributed by atoms with Crippen LogP contribution in [-0.2, 0) is 29.5 Å². The van der Waals surface area contributed by atoms with Crippen LogP contribution in [0.5, 0.6) is 5.75 Å². The molecule has 0 atom stereocenters. The lowest BCUT2D eigenvalue weighted by Gasteiger charge is -2.09. The van der Waals surface area contributed by atoms with Crippen LogP contribution in [0.15, 0.2) is 48.5 Å². The minimum atomic E-state index is -3.28. The fraction of sp³-hybridized carbons (Fsp3) is 0.333. The van der Waals surface area contributed by atoms with Crippen molar-refractivity contribution in [3.05, 3.63) is 65.2 Å². The average molecular weight is 346 g/mol. The van der Waals surface area contributed by atoms with E-state index in [1.165, 1.54) is 5.56 Å². The molecule has 128 valence electrons. The number of sulfonamides is 1. The molecule has 0 saturated carbocycles. The normalized spacial score (nSPS) is 13.5. The molecule has 1 heterocycles. The minimum absolute atomic E-state index is 0.0634. The van der Waals surface area contributed by atoms with Crippen molar-refractivity contribution in [2.75, 3.05) is 18.9 Å². The van der Waals surface area contributed by atoms with Crippen LogP contribution < -0.4 is 14.8 Å². The van der Waals surface area contributed by atoms with Gasteiger partial charge in [0.2, 0.25) is 10.0 Å². The van der Waals surface area contributed by atoms with Crippen molar-refractivity contribution in [2.45, 2.75) is 19.5 Å². The van der Waals surface area contributed by atoms with Gasteiger partial charge in [-0.15, -0.1) is 0 Å². The van der Waals surface area contributed by atoms with Gasteiger partial charge in [0, 0.05) is 26.1 Å². The summed E-state index contributed by atoms with van der Waals surface area (Å²) in [5.74, 6) is 1.03. The SMILES string of the molecule is O=S(=O)(CCNCc1ccc2c(c1)CCO2)NCc1ccccc1. The van der Waals surface area contributed by atoms with Crippen LogP contribution in [0, 0.1) is 0 Å². The molecule has 0 aliphatic carbocycles. The first-order chi connectivity index (χ1) is 11.6. The Morgan fingerprint density at radius 2 is 1.83 bits per heavy atom. The molecule has 0 radical (unpaired) electrons. The van der Waals surface area contributed by atoms with Crippen molar-refractivity contribution in [1.82, 2.24) is 10.0 Å². The summed E-state index contributed by atoms with van der Waals surface area (Å²) in [5.41, 5.74) is 3.33. The van der Waals surface area contributed by atoms with E-state index in [2.05, 4.69) is 16.1 Å². The summed E-state index contributed by atoms with van der Waals surface area (Å²) in [5, 5.41) is 3.19. The smallest absolute Gasteiger partial charge is 0.213 e. The zero-order valence-electron chi connectivity index (χ0n) is 13.5. The third kappa shape index (κ3) is 4.80. The van der Waals surface area contributed by atoms with Crippen molar-refractivity contribution in [1.29, 1.82) is 0 Å². The monoisotopic (exact) mass is 346 g/mol. The molecule has 6 heteroatoms. The maximum atomic E-state index is 12.0. The van der Waals surface area contributed by atoms with E-state index >= 15 is 0 Å². The molecule has 3 rings (SSSR count). The highest BCUT2D eigenvalue weighted by atomic mass is 32.2. The van der Waals surface area contributed by atoms with E-state index in [-0.39, 0.29) is 5.75 Å². The summed E-state index contributed by atoms with van der Waals surface area (Å²) in [6, 6.07) is 15.6. The Balaban J connectivity index is 1.40. The van der Waals surface area contributed by atoms with Gasteiger partial charge in [0.25, 0.3) is 0 Å². The van der Waals surface area contributed by atoms with Gasteiger partial charge in [0.1, 0.15) is 5.75 Å². The van der Waals surface area contributed by atoms with Crippen molar-refractivity contribution < 1.29 is 13.2 Å². The second-order valence-electron chi connectivity index (χ2n) is 5.84. The first-order valence-corrected chi connectivity index (χ1v) is 9.74. The standard InChI is InChI=1S/C18H22N2O3S/c21-24(22,20-14-15-4-2-1-3-5-15)11-9-19-13-16-6-7-18-17(12-16)8-10-23-18/h1-7,12,19-20H,8-11,13-14H2. The largest absolute Gasteiger partial charge is 0.493 e. The van der Waals surface area contributed by atoms with Crippen LogP contribution in [0.2, 0.25) is 0 Å². The third-order valence-corrected chi connectivity index (χ3v) is 5.30. The molecule has 2 aromatic carbocycles. The molecule has 0 saturated heterocycles. The maximum Gasteiger partial charge on any atom is 0.213 e. The first-order valence-electron chi connectivity index (χ1n) is 8.09. The number of rotatable bonds is 8. The summed E-state index contributed by atoms with van der Waals surface area (Å²) >= 11 is 0. The minimum Gasteiger partial charge on any atom is -0.493 e. The van der Waals surface area contributed by atoms with Crippen LogP contribution in [0.25, 0.3) is 0 Å². The highest BCUT2D eigenvalue weighted by Gasteiger charge is 2.12. The highest BCUT2D eigenvalue weighted by Crippen LogP contribution is 2.25. The van der Waals surface area contributed by atoms with Gasteiger partial charge in [0.05, 0.1) is 12.4 Å². The first kappa shape index (κ1) is 17.0. The van der Waals surface area contributed by atoms with Gasteiger partial charge in [-0.3, -0.25) is 0 Å². The van der Waals surface area contributed by atoms with Crippen molar-refractivity contribution in [3.63, 3.8) is 0 Å². The number of hydrogen-bond donors (Lipinski definition) is 2. The Morgan fingerprint density at radius 1 is 1.00 bits per heavy atom. The number of benzene rings is 2. The molecule has 0 bridgehead atoms. The van der Waals surface area contributed by atoms with Crippen LogP contribution in [0.4, 0.5) is 0 Å². The molecule has 0 amide bonds. The van der Waals surface area contributed by atoms with E-state index in [1.807, 2.05) is 42.5 Å². The van der Waals surface area contributed by atoms with Crippen molar-refractivity contribution in [3.8, 4) is 5.75 Å². The van der Waals surface area contributed by atoms with Crippen LogP contribution in [0.3, 0.4) is 0 Å². The topological polar surface area (TPSA) is 67.4 Å². The van der Waals surface area contributed by atoms with E-state index in [4.69, 9.17) is 4.74 Å². The summed E-state index contributed by atoms with van der Waals surface area (Å²) in [6.45, 7) is 2.14. The van der Waals surface area contributed by atoms with Gasteiger partial charge in [0.15, 0.2) is 0 Å². The Labute approximate surface area is 143 Å². The molecule has 2 aromatic rings. The summed E-state index contributed by atoms with van der Waals surface area (Å²) in [7, 11) is -3.28. The lowest BCUT2D eigenvalue weighted by molar-refractivity contribution is 0.357. The Kier molecular flexibility index (Phi) is 5.50. The second-order valence-corrected chi connectivity index (χ2v) is 7.77. The molecule has 0 aromatic heterocycles. The molecular weight excluding hydrogens is 324 g/mol. The zero-order chi connectivity index (χ0) is 16.8. The summed E-state index contributed by atoms with van der Waals surface area (Å²) in [6.07, 6.45) is 0.945. The Bertz CT molecular complexity index is 776. The van der Waals surface area contributed by atoms with Gasteiger partial charge in [-0.25, -0.2) is 13.1 Å². The van der Waals surface area contributed by atoms with Crippen LogP contribution >= 0.6 is 0 Å². The zero-order valence-corrected chi connectivity index (χ0v) is 14.3. The average Bonchev–Trinajstić information content (AvgIpc) is 3.06. The number of nitrogens with one attached hydrogen (secondary N) is 2. The van der Waals surface area contributed by atoms with E-state index < -0.39 is 10.0 Å². The van der Waals surface area contributed by atoms with Crippen molar-refractivity contribution in [2.24, 2.45) is 0 Å². The van der Waals surface area contributed by atoms with E-state index in [0.717, 1.165) is 29.9 Å². The lowest BCUT2D eigenvalue weighted by Crippen LogP contribution is -2.31. The molecule has 0 unspecified atom stereocenters. The maximum absolute atomic E-state index is 12.0. The quantitative estimate of drug-likeness (QED) is 0.716. The summed E-state index contributed by atoms with van der Waals surface area (Å²) < 4.78 is 32.1. The molecular formula is C18H22N2O3S. The van der Waals surface area contributed by atoms with Crippen molar-refractivity contribution >= 4 is 10.0 Å². The molecule has 1 aliphatic heterocycles. The Hall–Kier alpha value is -1.89. The third-order valence-electron chi connectivity index (χ3n) is 3.97. The van der Waals surface area contributed by atoms with Gasteiger partial charge < -0.3 is 10.1 Å². The van der Waals surface area contributed by atoms with Crippen LogP contribution in [0.1, 0.15) is 16.7 Å². The highest BCUT2D eigenvalue weighted by molar-refractivity contribution is 7.89. The van der Waals surface area contributed by atoms with Gasteiger partial charge in [-0.05, 0) is 22.8 Å². The van der Waals surface area contributed by atoms with Crippen LogP contribution in [-0.4, -0.2) is 27.3 Å². The predicted molar refractivity (Wildman–Crippen MR) is 94.4 cm³/mol. The fourth-order valence-corrected chi connectivity index (χ4v) is 3.59. The molecule has 1 aliphatic rings. The lowest BCUT2D eigenvalue weighted by atomic mass is 10.1.